The summed E-state index contributed by atoms with van der Waals surface area (Å²) in [5.41, 5.74) is 1.36. The third kappa shape index (κ3) is 5.79. The number of rotatable bonds is 0. The molecular weight excluding hydrogens is 308 g/mol. The Kier molecular flexibility index (Phi) is 5.43. The van der Waals surface area contributed by atoms with E-state index in [2.05, 4.69) is 0 Å². The van der Waals surface area contributed by atoms with Gasteiger partial charge in [-0.15, -0.1) is 0 Å². The molecular formula is C15H22O4S2. The van der Waals surface area contributed by atoms with Crippen molar-refractivity contribution >= 4 is 19.7 Å². The van der Waals surface area contributed by atoms with Crippen LogP contribution in [0.2, 0.25) is 0 Å². The Morgan fingerprint density at radius 2 is 1.10 bits per heavy atom. The van der Waals surface area contributed by atoms with Gasteiger partial charge >= 0.3 is 0 Å². The molecule has 1 aromatic rings. The van der Waals surface area contributed by atoms with Crippen LogP contribution in [0.15, 0.2) is 24.3 Å². The van der Waals surface area contributed by atoms with Gasteiger partial charge in [-0.1, -0.05) is 43.5 Å². The van der Waals surface area contributed by atoms with E-state index in [1.54, 1.807) is 24.3 Å². The third-order valence-corrected chi connectivity index (χ3v) is 7.04. The molecule has 2 rings (SSSR count). The van der Waals surface area contributed by atoms with Crippen LogP contribution in [0.25, 0.3) is 0 Å². The Labute approximate surface area is 127 Å². The number of hydrogen-bond acceptors (Lipinski definition) is 4. The van der Waals surface area contributed by atoms with Crippen molar-refractivity contribution in [3.05, 3.63) is 35.4 Å². The van der Waals surface area contributed by atoms with E-state index in [4.69, 9.17) is 0 Å². The molecule has 4 nitrogen and oxygen atoms in total. The highest BCUT2D eigenvalue weighted by atomic mass is 32.2. The molecule has 2 bridgehead atoms. The third-order valence-electron chi connectivity index (χ3n) is 3.68. The Balaban J connectivity index is 2.25. The van der Waals surface area contributed by atoms with E-state index in [0.29, 0.717) is 24.0 Å². The second-order valence-electron chi connectivity index (χ2n) is 5.77. The van der Waals surface area contributed by atoms with Gasteiger partial charge in [0.2, 0.25) is 0 Å². The standard InChI is InChI=1S/C15H22O4S2/c16-20(17)9-4-2-1-3-5-10-21(18,19)13-15-8-6-7-14(11-15)12-20/h6-8,11H,1-5,9-10,12-13H2. The summed E-state index contributed by atoms with van der Waals surface area (Å²) in [5, 5.41) is 0. The molecule has 0 aliphatic carbocycles. The minimum Gasteiger partial charge on any atom is -0.228 e. The van der Waals surface area contributed by atoms with Crippen molar-refractivity contribution in [2.75, 3.05) is 11.5 Å². The summed E-state index contributed by atoms with van der Waals surface area (Å²) in [7, 11) is -6.21. The van der Waals surface area contributed by atoms with E-state index in [1.165, 1.54) is 0 Å². The van der Waals surface area contributed by atoms with Gasteiger partial charge in [0.15, 0.2) is 19.7 Å². The SMILES string of the molecule is O=S1(=O)CCCCCCCS(=O)(=O)Cc2cccc(c2)C1. The highest BCUT2D eigenvalue weighted by Gasteiger charge is 2.16. The van der Waals surface area contributed by atoms with Gasteiger partial charge in [0, 0.05) is 0 Å². The predicted molar refractivity (Wildman–Crippen MR) is 84.5 cm³/mol. The molecule has 1 aliphatic rings. The van der Waals surface area contributed by atoms with Gasteiger partial charge in [-0.05, 0) is 24.0 Å². The molecule has 0 saturated heterocycles. The van der Waals surface area contributed by atoms with Crippen LogP contribution in [0.4, 0.5) is 0 Å². The molecule has 6 heteroatoms. The second-order valence-corrected chi connectivity index (χ2v) is 10.1. The average molecular weight is 330 g/mol. The molecule has 0 amide bonds. The second kappa shape index (κ2) is 6.92. The Morgan fingerprint density at radius 1 is 0.667 bits per heavy atom. The summed E-state index contributed by atoms with van der Waals surface area (Å²) < 4.78 is 48.2. The minimum absolute atomic E-state index is 0.000881. The topological polar surface area (TPSA) is 68.3 Å². The largest absolute Gasteiger partial charge is 0.228 e. The number of benzene rings is 1. The minimum atomic E-state index is -3.11. The zero-order valence-electron chi connectivity index (χ0n) is 12.1. The molecule has 1 heterocycles. The molecule has 0 radical (unpaired) electrons. The monoisotopic (exact) mass is 330 g/mol. The van der Waals surface area contributed by atoms with E-state index in [-0.39, 0.29) is 23.0 Å². The fourth-order valence-corrected chi connectivity index (χ4v) is 5.59. The van der Waals surface area contributed by atoms with Gasteiger partial charge < -0.3 is 0 Å². The maximum absolute atomic E-state index is 12.1. The van der Waals surface area contributed by atoms with Crippen molar-refractivity contribution in [2.45, 2.75) is 43.6 Å². The Morgan fingerprint density at radius 3 is 1.57 bits per heavy atom. The zero-order valence-corrected chi connectivity index (χ0v) is 13.8. The lowest BCUT2D eigenvalue weighted by Crippen LogP contribution is -2.12. The molecule has 0 N–H and O–H groups in total. The molecule has 0 fully saturated rings. The van der Waals surface area contributed by atoms with Crippen molar-refractivity contribution in [1.82, 2.24) is 0 Å². The highest BCUT2D eigenvalue weighted by Crippen LogP contribution is 2.16. The smallest absolute Gasteiger partial charge is 0.154 e. The van der Waals surface area contributed by atoms with Gasteiger partial charge in [0.05, 0.1) is 23.0 Å². The van der Waals surface area contributed by atoms with E-state index >= 15 is 0 Å². The van der Waals surface area contributed by atoms with Crippen LogP contribution in [0.1, 0.15) is 43.2 Å². The van der Waals surface area contributed by atoms with E-state index in [0.717, 1.165) is 19.3 Å². The summed E-state index contributed by atoms with van der Waals surface area (Å²) >= 11 is 0. The zero-order chi connectivity index (χ0) is 15.3. The van der Waals surface area contributed by atoms with E-state index in [9.17, 15) is 16.8 Å². The van der Waals surface area contributed by atoms with Gasteiger partial charge in [0.1, 0.15) is 0 Å². The van der Waals surface area contributed by atoms with Gasteiger partial charge in [0.25, 0.3) is 0 Å². The number of fused-ring (bicyclic) bond motifs is 2. The lowest BCUT2D eigenvalue weighted by atomic mass is 10.2. The molecule has 0 saturated carbocycles. The molecule has 21 heavy (non-hydrogen) atoms. The molecule has 0 aromatic heterocycles. The molecule has 0 atom stereocenters. The fraction of sp³-hybridized carbons (Fsp3) is 0.600. The van der Waals surface area contributed by atoms with E-state index in [1.807, 2.05) is 0 Å². The molecule has 0 spiro atoms. The molecule has 0 unspecified atom stereocenters. The van der Waals surface area contributed by atoms with Crippen molar-refractivity contribution in [3.63, 3.8) is 0 Å². The van der Waals surface area contributed by atoms with Crippen molar-refractivity contribution in [1.29, 1.82) is 0 Å². The van der Waals surface area contributed by atoms with Crippen LogP contribution in [-0.2, 0) is 31.2 Å². The fourth-order valence-electron chi connectivity index (χ4n) is 2.64. The highest BCUT2D eigenvalue weighted by molar-refractivity contribution is 7.90. The number of sulfone groups is 2. The predicted octanol–water partition coefficient (Wildman–Crippen LogP) is 2.48. The number of hydrogen-bond donors (Lipinski definition) is 0. The first-order valence-electron chi connectivity index (χ1n) is 7.35. The summed E-state index contributed by atoms with van der Waals surface area (Å²) in [6, 6.07) is 6.95. The van der Waals surface area contributed by atoms with Crippen LogP contribution >= 0.6 is 0 Å². The first-order chi connectivity index (χ1) is 9.86. The summed E-state index contributed by atoms with van der Waals surface area (Å²) in [5.74, 6) is 0.437. The molecule has 118 valence electrons. The normalized spacial score (nSPS) is 23.0. The Hall–Kier alpha value is -0.880. The quantitative estimate of drug-likeness (QED) is 0.733. The first kappa shape index (κ1) is 16.5. The summed E-state index contributed by atoms with van der Waals surface area (Å²) in [4.78, 5) is 0. The van der Waals surface area contributed by atoms with Crippen molar-refractivity contribution < 1.29 is 16.8 Å². The van der Waals surface area contributed by atoms with Gasteiger partial charge in [-0.25, -0.2) is 16.8 Å². The maximum atomic E-state index is 12.1. The maximum Gasteiger partial charge on any atom is 0.154 e. The Bertz CT molecular complexity index is 620. The average Bonchev–Trinajstić information content (AvgIpc) is 2.35. The first-order valence-corrected chi connectivity index (χ1v) is 11.0. The van der Waals surface area contributed by atoms with Crippen LogP contribution < -0.4 is 0 Å². The lowest BCUT2D eigenvalue weighted by Gasteiger charge is -2.09. The lowest BCUT2D eigenvalue weighted by molar-refractivity contribution is 0.581. The summed E-state index contributed by atoms with van der Waals surface area (Å²) in [6.07, 6.45) is 3.92. The van der Waals surface area contributed by atoms with E-state index < -0.39 is 19.7 Å². The molecule has 1 aliphatic heterocycles. The van der Waals surface area contributed by atoms with Crippen LogP contribution in [0.3, 0.4) is 0 Å². The van der Waals surface area contributed by atoms with Crippen LogP contribution in [0, 0.1) is 0 Å². The van der Waals surface area contributed by atoms with Crippen LogP contribution in [-0.4, -0.2) is 28.3 Å². The van der Waals surface area contributed by atoms with Crippen LogP contribution in [0.5, 0.6) is 0 Å². The van der Waals surface area contributed by atoms with Gasteiger partial charge in [-0.2, -0.15) is 0 Å². The molecule has 1 aromatic carbocycles. The van der Waals surface area contributed by atoms with Gasteiger partial charge in [-0.3, -0.25) is 0 Å². The van der Waals surface area contributed by atoms with Crippen molar-refractivity contribution in [2.24, 2.45) is 0 Å². The summed E-state index contributed by atoms with van der Waals surface area (Å²) in [6.45, 7) is 0. The van der Waals surface area contributed by atoms with Crippen molar-refractivity contribution in [3.8, 4) is 0 Å².